The second-order valence-electron chi connectivity index (χ2n) is 9.68. The molecule has 222 valence electrons. The number of hydrogen-bond acceptors (Lipinski definition) is 4. The Labute approximate surface area is 239 Å². The Balaban J connectivity index is 1.86. The van der Waals surface area contributed by atoms with Crippen molar-refractivity contribution >= 4 is 41.1 Å². The van der Waals surface area contributed by atoms with E-state index in [1.807, 2.05) is 0 Å². The SMILES string of the molecule is Cc1cccc2c1C(=O)C(CN(C(=O)O)c1cccc(C(F)(F)F)c1)(CN(C(=O)O)c1cccc(C(F)(F)F)c1)CS2. The molecule has 3 aromatic carbocycles. The van der Waals surface area contributed by atoms with E-state index in [-0.39, 0.29) is 11.3 Å². The Morgan fingerprint density at radius 2 is 1.26 bits per heavy atom. The van der Waals surface area contributed by atoms with Crippen LogP contribution in [-0.4, -0.2) is 47.0 Å². The van der Waals surface area contributed by atoms with Gasteiger partial charge in [-0.3, -0.25) is 14.6 Å². The Morgan fingerprint density at radius 3 is 1.69 bits per heavy atom. The highest BCUT2D eigenvalue weighted by molar-refractivity contribution is 7.99. The van der Waals surface area contributed by atoms with E-state index in [9.17, 15) is 50.9 Å². The molecule has 1 aliphatic rings. The van der Waals surface area contributed by atoms with E-state index in [1.54, 1.807) is 25.1 Å². The number of amides is 2. The molecule has 0 spiro atoms. The van der Waals surface area contributed by atoms with Crippen molar-refractivity contribution in [1.82, 2.24) is 0 Å². The summed E-state index contributed by atoms with van der Waals surface area (Å²) in [4.78, 5) is 40.6. The number of fused-ring (bicyclic) bond motifs is 1. The molecule has 0 unspecified atom stereocenters. The number of anilines is 2. The van der Waals surface area contributed by atoms with Crippen molar-refractivity contribution < 1.29 is 50.9 Å². The van der Waals surface area contributed by atoms with E-state index in [0.717, 1.165) is 48.2 Å². The first-order valence-corrected chi connectivity index (χ1v) is 13.1. The zero-order valence-corrected chi connectivity index (χ0v) is 22.5. The van der Waals surface area contributed by atoms with Gasteiger partial charge >= 0.3 is 24.5 Å². The number of nitrogens with zero attached hydrogens (tertiary/aromatic N) is 2. The van der Waals surface area contributed by atoms with E-state index in [2.05, 4.69) is 0 Å². The van der Waals surface area contributed by atoms with Crippen LogP contribution in [-0.2, 0) is 12.4 Å². The highest BCUT2D eigenvalue weighted by Crippen LogP contribution is 2.44. The molecule has 0 fully saturated rings. The summed E-state index contributed by atoms with van der Waals surface area (Å²) >= 11 is 1.11. The van der Waals surface area contributed by atoms with Crippen LogP contribution in [0.2, 0.25) is 0 Å². The van der Waals surface area contributed by atoms with Gasteiger partial charge in [-0.15, -0.1) is 11.8 Å². The first-order valence-electron chi connectivity index (χ1n) is 12.2. The number of hydrogen-bond donors (Lipinski definition) is 2. The van der Waals surface area contributed by atoms with Gasteiger partial charge < -0.3 is 10.2 Å². The maximum atomic E-state index is 14.2. The molecule has 0 aliphatic carbocycles. The first-order chi connectivity index (χ1) is 19.5. The number of ketones is 1. The van der Waals surface area contributed by atoms with Gasteiger partial charge in [-0.25, -0.2) is 9.59 Å². The molecule has 0 saturated heterocycles. The van der Waals surface area contributed by atoms with Crippen LogP contribution in [0.1, 0.15) is 27.0 Å². The smallest absolute Gasteiger partial charge is 0.416 e. The molecule has 14 heteroatoms. The number of alkyl halides is 6. The molecule has 42 heavy (non-hydrogen) atoms. The fraction of sp³-hybridized carbons (Fsp3) is 0.250. The van der Waals surface area contributed by atoms with Gasteiger partial charge in [-0.1, -0.05) is 24.3 Å². The summed E-state index contributed by atoms with van der Waals surface area (Å²) in [7, 11) is 0. The van der Waals surface area contributed by atoms with Crippen molar-refractivity contribution in [2.75, 3.05) is 28.6 Å². The van der Waals surface area contributed by atoms with Crippen LogP contribution in [0.25, 0.3) is 0 Å². The van der Waals surface area contributed by atoms with E-state index in [4.69, 9.17) is 0 Å². The third kappa shape index (κ3) is 6.17. The number of carboxylic acid groups (broad SMARTS) is 2. The van der Waals surface area contributed by atoms with Crippen LogP contribution in [0.3, 0.4) is 0 Å². The number of aryl methyl sites for hydroxylation is 1. The molecule has 7 nitrogen and oxygen atoms in total. The molecule has 2 amide bonds. The maximum absolute atomic E-state index is 14.2. The molecule has 0 atom stereocenters. The number of carbonyl (C=O) groups excluding carboxylic acids is 1. The number of rotatable bonds is 6. The number of carbonyl (C=O) groups is 3. The van der Waals surface area contributed by atoms with Gasteiger partial charge in [-0.2, -0.15) is 26.3 Å². The topological polar surface area (TPSA) is 98.2 Å². The standard InChI is InChI=1S/C28H22F6N2O5S/c1-16-5-2-10-21-22(16)23(37)26(15-42-21,13-35(24(38)39)19-8-3-6-17(11-19)27(29,30)31)14-36(25(40)41)20-9-4-7-18(12-20)28(32,33)34/h2-12H,13-15H2,1H3,(H,38,39)(H,40,41). The molecule has 1 heterocycles. The van der Waals surface area contributed by atoms with Crippen molar-refractivity contribution in [3.63, 3.8) is 0 Å². The Kier molecular flexibility index (Phi) is 8.22. The number of halogens is 6. The lowest BCUT2D eigenvalue weighted by atomic mass is 9.78. The van der Waals surface area contributed by atoms with E-state index < -0.39 is 71.3 Å². The second kappa shape index (κ2) is 11.2. The second-order valence-corrected chi connectivity index (χ2v) is 10.7. The molecule has 0 aromatic heterocycles. The maximum Gasteiger partial charge on any atom is 0.416 e. The minimum atomic E-state index is -4.81. The first kappa shape index (κ1) is 30.8. The number of benzene rings is 3. The summed E-state index contributed by atoms with van der Waals surface area (Å²) in [5, 5.41) is 20.1. The van der Waals surface area contributed by atoms with Crippen molar-refractivity contribution in [3.8, 4) is 0 Å². The summed E-state index contributed by atoms with van der Waals surface area (Å²) in [5.74, 6) is -0.904. The van der Waals surface area contributed by atoms with Gasteiger partial charge in [0.25, 0.3) is 0 Å². The quantitative estimate of drug-likeness (QED) is 0.277. The van der Waals surface area contributed by atoms with Crippen molar-refractivity contribution in [2.24, 2.45) is 5.41 Å². The van der Waals surface area contributed by atoms with Crippen LogP contribution < -0.4 is 9.80 Å². The van der Waals surface area contributed by atoms with Crippen LogP contribution >= 0.6 is 11.8 Å². The molecule has 2 N–H and O–H groups in total. The summed E-state index contributed by atoms with van der Waals surface area (Å²) in [6.07, 6.45) is -13.1. The largest absolute Gasteiger partial charge is 0.465 e. The normalized spacial score (nSPS) is 14.7. The van der Waals surface area contributed by atoms with E-state index in [0.29, 0.717) is 32.4 Å². The highest BCUT2D eigenvalue weighted by Gasteiger charge is 2.48. The minimum absolute atomic E-state index is 0.164. The predicted octanol–water partition coefficient (Wildman–Crippen LogP) is 7.68. The predicted molar refractivity (Wildman–Crippen MR) is 142 cm³/mol. The zero-order valence-electron chi connectivity index (χ0n) is 21.7. The fourth-order valence-corrected chi connectivity index (χ4v) is 6.05. The van der Waals surface area contributed by atoms with Gasteiger partial charge in [0.05, 0.1) is 16.5 Å². The van der Waals surface area contributed by atoms with Crippen LogP contribution in [0, 0.1) is 12.3 Å². The lowest BCUT2D eigenvalue weighted by Gasteiger charge is -2.42. The van der Waals surface area contributed by atoms with Gasteiger partial charge in [0, 0.05) is 40.7 Å². The molecule has 0 bridgehead atoms. The van der Waals surface area contributed by atoms with Crippen molar-refractivity contribution in [2.45, 2.75) is 24.2 Å². The third-order valence-corrected chi connectivity index (χ3v) is 8.15. The van der Waals surface area contributed by atoms with E-state index >= 15 is 0 Å². The average Bonchev–Trinajstić information content (AvgIpc) is 2.91. The molecule has 4 rings (SSSR count). The van der Waals surface area contributed by atoms with Crippen LogP contribution in [0.5, 0.6) is 0 Å². The van der Waals surface area contributed by atoms with Gasteiger partial charge in [-0.05, 0) is 55.0 Å². The monoisotopic (exact) mass is 612 g/mol. The van der Waals surface area contributed by atoms with Gasteiger partial charge in [0.15, 0.2) is 5.78 Å². The molecule has 0 radical (unpaired) electrons. The Bertz CT molecular complexity index is 1460. The van der Waals surface area contributed by atoms with Gasteiger partial charge in [0.1, 0.15) is 0 Å². The zero-order chi connectivity index (χ0) is 31.0. The number of thioether (sulfide) groups is 1. The Morgan fingerprint density at radius 1 is 0.810 bits per heavy atom. The lowest BCUT2D eigenvalue weighted by molar-refractivity contribution is -0.138. The summed E-state index contributed by atoms with van der Waals surface area (Å²) < 4.78 is 80.6. The third-order valence-electron chi connectivity index (χ3n) is 6.80. The summed E-state index contributed by atoms with van der Waals surface area (Å²) in [6.45, 7) is 0.0366. The van der Waals surface area contributed by atoms with Crippen molar-refractivity contribution in [3.05, 3.63) is 89.0 Å². The summed E-state index contributed by atoms with van der Waals surface area (Å²) in [6, 6.07) is 11.7. The lowest BCUT2D eigenvalue weighted by Crippen LogP contribution is -2.55. The molecular weight excluding hydrogens is 590 g/mol. The van der Waals surface area contributed by atoms with Gasteiger partial charge in [0.2, 0.25) is 0 Å². The van der Waals surface area contributed by atoms with Crippen LogP contribution in [0.4, 0.5) is 47.3 Å². The molecule has 0 saturated carbocycles. The average molecular weight is 613 g/mol. The fourth-order valence-electron chi connectivity index (χ4n) is 4.73. The molecule has 3 aromatic rings. The highest BCUT2D eigenvalue weighted by atomic mass is 32.2. The van der Waals surface area contributed by atoms with E-state index in [1.165, 1.54) is 0 Å². The minimum Gasteiger partial charge on any atom is -0.465 e. The van der Waals surface area contributed by atoms with Crippen LogP contribution in [0.15, 0.2) is 71.6 Å². The summed E-state index contributed by atoms with van der Waals surface area (Å²) in [5.41, 5.74) is -4.42. The Hall–Kier alpha value is -4.20. The molecular formula is C28H22F6N2O5S. The molecule has 1 aliphatic heterocycles. The number of Topliss-reactive ketones (excluding diaryl/α,β-unsaturated/α-hetero) is 1. The van der Waals surface area contributed by atoms with Crippen molar-refractivity contribution in [1.29, 1.82) is 0 Å².